The number of nitrogens with one attached hydrogen (secondary N) is 3. The summed E-state index contributed by atoms with van der Waals surface area (Å²) >= 11 is 0. The van der Waals surface area contributed by atoms with Gasteiger partial charge in [-0.15, -0.1) is 0 Å². The first-order valence-electron chi connectivity index (χ1n) is 5.90. The van der Waals surface area contributed by atoms with Crippen molar-refractivity contribution in [1.29, 1.82) is 0 Å². The van der Waals surface area contributed by atoms with Gasteiger partial charge in [-0.3, -0.25) is 10.1 Å². The van der Waals surface area contributed by atoms with Gasteiger partial charge < -0.3 is 9.64 Å². The van der Waals surface area contributed by atoms with Crippen LogP contribution in [-0.4, -0.2) is 55.4 Å². The lowest BCUT2D eigenvalue weighted by atomic mass is 10.0. The monoisotopic (exact) mass is 264 g/mol. The Kier molecular flexibility index (Phi) is 3.81. The molecule has 0 aromatic rings. The number of hydrogen-bond donors (Lipinski definition) is 3. The third kappa shape index (κ3) is 2.61. The molecule has 2 aliphatic rings. The fraction of sp³-hybridized carbons (Fsp3) is 0.900. The van der Waals surface area contributed by atoms with Crippen molar-refractivity contribution in [2.24, 2.45) is 0 Å². The van der Waals surface area contributed by atoms with Crippen LogP contribution in [-0.2, 0) is 9.53 Å². The Bertz CT molecular complexity index is 329. The highest BCUT2D eigenvalue weighted by Crippen LogP contribution is 2.29. The second-order valence-electron chi connectivity index (χ2n) is 4.64. The number of alkyl halides is 2. The molecule has 0 bridgehead atoms. The third-order valence-electron chi connectivity index (χ3n) is 3.24. The Balaban J connectivity index is 1.96. The molecule has 0 radical (unpaired) electrons. The molecular formula is C10H18F2N4O2. The van der Waals surface area contributed by atoms with E-state index in [1.807, 2.05) is 6.92 Å². The minimum atomic E-state index is -3.00. The summed E-state index contributed by atoms with van der Waals surface area (Å²) in [5.74, 6) is -3.37. The van der Waals surface area contributed by atoms with Crippen molar-refractivity contribution >= 4 is 5.91 Å². The van der Waals surface area contributed by atoms with Crippen LogP contribution in [0.3, 0.4) is 0 Å². The van der Waals surface area contributed by atoms with Gasteiger partial charge in [-0.25, -0.2) is 19.6 Å². The second-order valence-corrected chi connectivity index (χ2v) is 4.64. The Morgan fingerprint density at radius 2 is 2.17 bits per heavy atom. The third-order valence-corrected chi connectivity index (χ3v) is 3.24. The van der Waals surface area contributed by atoms with E-state index in [9.17, 15) is 13.6 Å². The van der Waals surface area contributed by atoms with Gasteiger partial charge in [-0.1, -0.05) is 0 Å². The molecule has 0 aliphatic carbocycles. The van der Waals surface area contributed by atoms with Crippen molar-refractivity contribution in [3.8, 4) is 0 Å². The van der Waals surface area contributed by atoms with Crippen LogP contribution in [0.25, 0.3) is 0 Å². The van der Waals surface area contributed by atoms with Gasteiger partial charge in [0.25, 0.3) is 11.8 Å². The zero-order valence-corrected chi connectivity index (χ0v) is 10.4. The van der Waals surface area contributed by atoms with Crippen molar-refractivity contribution in [2.75, 3.05) is 20.2 Å². The van der Waals surface area contributed by atoms with E-state index < -0.39 is 24.7 Å². The highest BCUT2D eigenvalue weighted by Gasteiger charge is 2.47. The van der Waals surface area contributed by atoms with Crippen LogP contribution in [0.15, 0.2) is 0 Å². The normalized spacial score (nSPS) is 35.8. The van der Waals surface area contributed by atoms with E-state index in [0.29, 0.717) is 0 Å². The summed E-state index contributed by atoms with van der Waals surface area (Å²) in [6, 6.07) is 0. The van der Waals surface area contributed by atoms with E-state index in [0.717, 1.165) is 0 Å². The van der Waals surface area contributed by atoms with Crippen LogP contribution in [0, 0.1) is 0 Å². The van der Waals surface area contributed by atoms with E-state index in [4.69, 9.17) is 4.74 Å². The number of carbonyl (C=O) groups is 1. The molecular weight excluding hydrogens is 246 g/mol. The van der Waals surface area contributed by atoms with Crippen LogP contribution < -0.4 is 16.2 Å². The van der Waals surface area contributed by atoms with Gasteiger partial charge in [0.1, 0.15) is 6.10 Å². The van der Waals surface area contributed by atoms with Gasteiger partial charge in [-0.2, -0.15) is 0 Å². The number of rotatable bonds is 2. The van der Waals surface area contributed by atoms with E-state index in [1.165, 1.54) is 12.0 Å². The zero-order valence-electron chi connectivity index (χ0n) is 10.4. The number of amides is 1. The van der Waals surface area contributed by atoms with Crippen molar-refractivity contribution < 1.29 is 18.3 Å². The molecule has 1 amide bonds. The predicted molar refractivity (Wildman–Crippen MR) is 59.6 cm³/mol. The van der Waals surface area contributed by atoms with Crippen molar-refractivity contribution in [1.82, 2.24) is 21.1 Å². The molecule has 104 valence electrons. The summed E-state index contributed by atoms with van der Waals surface area (Å²) in [5.41, 5.74) is 5.54. The Morgan fingerprint density at radius 1 is 1.44 bits per heavy atom. The molecule has 2 heterocycles. The lowest BCUT2D eigenvalue weighted by molar-refractivity contribution is -0.173. The molecule has 2 rings (SSSR count). The Labute approximate surface area is 104 Å². The topological polar surface area (TPSA) is 65.6 Å². The van der Waals surface area contributed by atoms with Crippen LogP contribution in [0.5, 0.6) is 0 Å². The van der Waals surface area contributed by atoms with E-state index >= 15 is 0 Å². The summed E-state index contributed by atoms with van der Waals surface area (Å²) < 4.78 is 32.1. The molecule has 18 heavy (non-hydrogen) atoms. The molecule has 3 N–H and O–H groups in total. The molecule has 3 unspecified atom stereocenters. The molecule has 0 saturated carbocycles. The first-order chi connectivity index (χ1) is 8.44. The molecule has 8 heteroatoms. The molecule has 0 aromatic carbocycles. The maximum Gasteiger partial charge on any atom is 0.290 e. The number of hydrogen-bond acceptors (Lipinski definition) is 5. The molecule has 0 aromatic heterocycles. The maximum absolute atomic E-state index is 13.7. The summed E-state index contributed by atoms with van der Waals surface area (Å²) in [6.45, 7) is 1.51. The van der Waals surface area contributed by atoms with E-state index in [-0.39, 0.29) is 25.0 Å². The number of hydrazine groups is 1. The van der Waals surface area contributed by atoms with Crippen LogP contribution in [0.2, 0.25) is 0 Å². The van der Waals surface area contributed by atoms with Crippen molar-refractivity contribution in [3.05, 3.63) is 0 Å². The van der Waals surface area contributed by atoms with Crippen LogP contribution in [0.1, 0.15) is 13.3 Å². The Hall–Kier alpha value is -0.830. The highest BCUT2D eigenvalue weighted by molar-refractivity contribution is 5.82. The molecule has 3 atom stereocenters. The molecule has 2 aliphatic heterocycles. The standard InChI is InChI=1S/C10H18F2N4O2/c1-6-13-8(15-14-6)9(17)16-4-3-7(18-2)10(11,12)5-16/h6-8,13-15H,3-5H2,1-2H3. The quantitative estimate of drug-likeness (QED) is 0.612. The van der Waals surface area contributed by atoms with E-state index in [1.54, 1.807) is 0 Å². The highest BCUT2D eigenvalue weighted by atomic mass is 19.3. The van der Waals surface area contributed by atoms with Gasteiger partial charge in [0.05, 0.1) is 12.7 Å². The number of ether oxygens (including phenoxy) is 1. The number of methoxy groups -OCH3 is 1. The number of nitrogens with zero attached hydrogens (tertiary/aromatic N) is 1. The summed E-state index contributed by atoms with van der Waals surface area (Å²) in [5, 5.41) is 2.91. The smallest absolute Gasteiger partial charge is 0.290 e. The SMILES string of the molecule is COC1CCN(C(=O)C2NNC(C)N2)CC1(F)F. The van der Waals surface area contributed by atoms with Gasteiger partial charge in [0.2, 0.25) is 0 Å². The fourth-order valence-electron chi connectivity index (χ4n) is 2.26. The fourth-order valence-corrected chi connectivity index (χ4v) is 2.26. The lowest BCUT2D eigenvalue weighted by Crippen LogP contribution is -2.58. The average molecular weight is 264 g/mol. The second kappa shape index (κ2) is 5.04. The maximum atomic E-state index is 13.7. The van der Waals surface area contributed by atoms with E-state index in [2.05, 4.69) is 16.2 Å². The zero-order chi connectivity index (χ0) is 13.3. The van der Waals surface area contributed by atoms with Gasteiger partial charge >= 0.3 is 0 Å². The summed E-state index contributed by atoms with van der Waals surface area (Å²) in [7, 11) is 1.27. The lowest BCUT2D eigenvalue weighted by Gasteiger charge is -2.38. The van der Waals surface area contributed by atoms with Crippen molar-refractivity contribution in [2.45, 2.75) is 37.7 Å². The Morgan fingerprint density at radius 3 is 2.67 bits per heavy atom. The van der Waals surface area contributed by atoms with Gasteiger partial charge in [0, 0.05) is 13.7 Å². The summed E-state index contributed by atoms with van der Waals surface area (Å²) in [4.78, 5) is 13.2. The predicted octanol–water partition coefficient (Wildman–Crippen LogP) is -0.761. The molecule has 6 nitrogen and oxygen atoms in total. The van der Waals surface area contributed by atoms with Crippen LogP contribution in [0.4, 0.5) is 8.78 Å². The molecule has 2 saturated heterocycles. The van der Waals surface area contributed by atoms with Gasteiger partial charge in [0.15, 0.2) is 6.17 Å². The minimum absolute atomic E-state index is 0.0732. The molecule has 2 fully saturated rings. The number of likely N-dealkylation sites (tertiary alicyclic amines) is 1. The summed E-state index contributed by atoms with van der Waals surface area (Å²) in [6.07, 6.45) is -1.70. The van der Waals surface area contributed by atoms with Crippen LogP contribution >= 0.6 is 0 Å². The average Bonchev–Trinajstić information content (AvgIpc) is 2.73. The van der Waals surface area contributed by atoms with Crippen molar-refractivity contribution in [3.63, 3.8) is 0 Å². The first-order valence-corrected chi connectivity index (χ1v) is 5.90. The molecule has 0 spiro atoms. The number of carbonyl (C=O) groups excluding carboxylic acids is 1. The number of halogens is 2. The first kappa shape index (κ1) is 13.6. The largest absolute Gasteiger partial charge is 0.375 e. The minimum Gasteiger partial charge on any atom is -0.375 e. The van der Waals surface area contributed by atoms with Gasteiger partial charge in [-0.05, 0) is 13.3 Å². The number of piperidine rings is 1.